The lowest BCUT2D eigenvalue weighted by molar-refractivity contribution is 0.627. The van der Waals surface area contributed by atoms with Crippen molar-refractivity contribution in [3.8, 4) is 0 Å². The topological polar surface area (TPSA) is 53.6 Å². The van der Waals surface area contributed by atoms with Crippen LogP contribution in [0.15, 0.2) is 36.7 Å². The Morgan fingerprint density at radius 2 is 2.00 bits per heavy atom. The number of aromatic nitrogens is 3. The monoisotopic (exact) mass is 256 g/mol. The quantitative estimate of drug-likeness (QED) is 0.757. The molecule has 0 fully saturated rings. The molecule has 0 spiro atoms. The summed E-state index contributed by atoms with van der Waals surface area (Å²) in [4.78, 5) is 11.6. The van der Waals surface area contributed by atoms with Gasteiger partial charge in [0.1, 0.15) is 23.6 Å². The summed E-state index contributed by atoms with van der Waals surface area (Å²) >= 11 is 0. The summed E-state index contributed by atoms with van der Waals surface area (Å²) < 4.78 is 12.8. The van der Waals surface area contributed by atoms with E-state index in [1.165, 1.54) is 18.5 Å². The number of benzene rings is 1. The number of hydrogen-bond acceptors (Lipinski definition) is 3. The molecule has 0 atom stereocenters. The number of halogens is 1. The van der Waals surface area contributed by atoms with Gasteiger partial charge in [0, 0.05) is 12.2 Å². The molecule has 0 bridgehead atoms. The van der Waals surface area contributed by atoms with Gasteiger partial charge in [0.25, 0.3) is 0 Å². The molecule has 0 unspecified atom stereocenters. The zero-order valence-electron chi connectivity index (χ0n) is 10.4. The van der Waals surface area contributed by atoms with Crippen LogP contribution in [0.3, 0.4) is 0 Å². The normalized spacial score (nSPS) is 10.8. The first-order valence-corrected chi connectivity index (χ1v) is 6.01. The minimum absolute atomic E-state index is 0.227. The van der Waals surface area contributed by atoms with Crippen LogP contribution in [0.2, 0.25) is 0 Å². The van der Waals surface area contributed by atoms with Crippen LogP contribution in [0.4, 0.5) is 10.2 Å². The van der Waals surface area contributed by atoms with E-state index in [1.807, 2.05) is 13.0 Å². The highest BCUT2D eigenvalue weighted by molar-refractivity contribution is 5.87. The van der Waals surface area contributed by atoms with Crippen LogP contribution in [-0.4, -0.2) is 15.0 Å². The molecule has 0 radical (unpaired) electrons. The molecule has 2 N–H and O–H groups in total. The molecule has 0 amide bonds. The second kappa shape index (κ2) is 4.68. The summed E-state index contributed by atoms with van der Waals surface area (Å²) in [6, 6.07) is 8.41. The molecule has 3 rings (SSSR count). The van der Waals surface area contributed by atoms with Crippen molar-refractivity contribution >= 4 is 16.9 Å². The van der Waals surface area contributed by atoms with Gasteiger partial charge in [0.2, 0.25) is 0 Å². The average Bonchev–Trinajstić information content (AvgIpc) is 2.79. The summed E-state index contributed by atoms with van der Waals surface area (Å²) in [5.41, 5.74) is 2.86. The van der Waals surface area contributed by atoms with Gasteiger partial charge in [0.05, 0.1) is 5.39 Å². The Morgan fingerprint density at radius 1 is 1.21 bits per heavy atom. The predicted molar refractivity (Wildman–Crippen MR) is 72.4 cm³/mol. The van der Waals surface area contributed by atoms with Gasteiger partial charge < -0.3 is 10.3 Å². The van der Waals surface area contributed by atoms with E-state index < -0.39 is 0 Å². The van der Waals surface area contributed by atoms with Crippen molar-refractivity contribution in [3.05, 3.63) is 53.7 Å². The van der Waals surface area contributed by atoms with Crippen molar-refractivity contribution in [1.29, 1.82) is 0 Å². The van der Waals surface area contributed by atoms with Crippen LogP contribution in [0, 0.1) is 12.7 Å². The summed E-state index contributed by atoms with van der Waals surface area (Å²) in [6.45, 7) is 2.57. The van der Waals surface area contributed by atoms with Gasteiger partial charge >= 0.3 is 0 Å². The molecule has 0 aliphatic carbocycles. The minimum Gasteiger partial charge on any atom is -0.365 e. The standard InChI is InChI=1S/C14H13FN4/c1-9-6-12-13(17-8-18-14(12)19-9)16-7-10-2-4-11(15)5-3-10/h2-6,8H,7H2,1H3,(H2,16,17,18,19). The van der Waals surface area contributed by atoms with Crippen molar-refractivity contribution < 1.29 is 4.39 Å². The lowest BCUT2D eigenvalue weighted by Crippen LogP contribution is -2.02. The molecular formula is C14H13FN4. The molecule has 0 aliphatic heterocycles. The number of rotatable bonds is 3. The number of aryl methyl sites for hydroxylation is 1. The summed E-state index contributed by atoms with van der Waals surface area (Å²) in [7, 11) is 0. The van der Waals surface area contributed by atoms with Gasteiger partial charge in [0.15, 0.2) is 0 Å². The van der Waals surface area contributed by atoms with Crippen LogP contribution in [0.5, 0.6) is 0 Å². The number of H-pyrrole nitrogens is 1. The molecule has 2 aromatic heterocycles. The van der Waals surface area contributed by atoms with E-state index in [-0.39, 0.29) is 5.82 Å². The third-order valence-electron chi connectivity index (χ3n) is 2.93. The van der Waals surface area contributed by atoms with Gasteiger partial charge in [-0.15, -0.1) is 0 Å². The molecule has 1 aromatic carbocycles. The Labute approximate surface area is 109 Å². The number of hydrogen-bond donors (Lipinski definition) is 2. The van der Waals surface area contributed by atoms with E-state index in [0.717, 1.165) is 28.1 Å². The van der Waals surface area contributed by atoms with Crippen LogP contribution in [0.25, 0.3) is 11.0 Å². The van der Waals surface area contributed by atoms with Gasteiger partial charge in [-0.1, -0.05) is 12.1 Å². The fourth-order valence-electron chi connectivity index (χ4n) is 2.00. The molecular weight excluding hydrogens is 243 g/mol. The van der Waals surface area contributed by atoms with Gasteiger partial charge in [-0.25, -0.2) is 14.4 Å². The van der Waals surface area contributed by atoms with E-state index in [1.54, 1.807) is 12.1 Å². The maximum absolute atomic E-state index is 12.8. The van der Waals surface area contributed by atoms with Gasteiger partial charge in [-0.2, -0.15) is 0 Å². The maximum Gasteiger partial charge on any atom is 0.143 e. The van der Waals surface area contributed by atoms with Crippen molar-refractivity contribution in [3.63, 3.8) is 0 Å². The summed E-state index contributed by atoms with van der Waals surface area (Å²) in [6.07, 6.45) is 1.52. The molecule has 5 heteroatoms. The molecule has 96 valence electrons. The molecule has 4 nitrogen and oxygen atoms in total. The van der Waals surface area contributed by atoms with E-state index >= 15 is 0 Å². The second-order valence-electron chi connectivity index (χ2n) is 4.42. The highest BCUT2D eigenvalue weighted by Gasteiger charge is 2.05. The Bertz CT molecular complexity index is 703. The van der Waals surface area contributed by atoms with Crippen molar-refractivity contribution in [1.82, 2.24) is 15.0 Å². The lowest BCUT2D eigenvalue weighted by atomic mass is 10.2. The van der Waals surface area contributed by atoms with E-state index in [9.17, 15) is 4.39 Å². The highest BCUT2D eigenvalue weighted by atomic mass is 19.1. The minimum atomic E-state index is -0.227. The molecule has 0 saturated carbocycles. The Hall–Kier alpha value is -2.43. The fraction of sp³-hybridized carbons (Fsp3) is 0.143. The highest BCUT2D eigenvalue weighted by Crippen LogP contribution is 2.20. The maximum atomic E-state index is 12.8. The molecule has 19 heavy (non-hydrogen) atoms. The number of anilines is 1. The van der Waals surface area contributed by atoms with Gasteiger partial charge in [-0.3, -0.25) is 0 Å². The van der Waals surface area contributed by atoms with Gasteiger partial charge in [-0.05, 0) is 30.7 Å². The Morgan fingerprint density at radius 3 is 2.79 bits per heavy atom. The molecule has 0 saturated heterocycles. The van der Waals surface area contributed by atoms with Crippen LogP contribution >= 0.6 is 0 Å². The first-order chi connectivity index (χ1) is 9.22. The Kier molecular flexibility index (Phi) is 2.87. The lowest BCUT2D eigenvalue weighted by Gasteiger charge is -2.06. The molecule has 3 aromatic rings. The van der Waals surface area contributed by atoms with E-state index in [2.05, 4.69) is 20.3 Å². The number of nitrogens with one attached hydrogen (secondary N) is 2. The molecule has 2 heterocycles. The van der Waals surface area contributed by atoms with Crippen LogP contribution in [-0.2, 0) is 6.54 Å². The third-order valence-corrected chi connectivity index (χ3v) is 2.93. The summed E-state index contributed by atoms with van der Waals surface area (Å²) in [5, 5.41) is 4.20. The first kappa shape index (κ1) is 11.6. The van der Waals surface area contributed by atoms with Crippen molar-refractivity contribution in [2.24, 2.45) is 0 Å². The zero-order chi connectivity index (χ0) is 13.2. The van der Waals surface area contributed by atoms with E-state index in [4.69, 9.17) is 0 Å². The first-order valence-electron chi connectivity index (χ1n) is 6.01. The smallest absolute Gasteiger partial charge is 0.143 e. The average molecular weight is 256 g/mol. The fourth-order valence-corrected chi connectivity index (χ4v) is 2.00. The SMILES string of the molecule is Cc1cc2c(NCc3ccc(F)cc3)ncnc2[nH]1. The Balaban J connectivity index is 1.83. The third kappa shape index (κ3) is 2.40. The van der Waals surface area contributed by atoms with Crippen LogP contribution in [0.1, 0.15) is 11.3 Å². The largest absolute Gasteiger partial charge is 0.365 e. The predicted octanol–water partition coefficient (Wildman–Crippen LogP) is 3.02. The van der Waals surface area contributed by atoms with Crippen LogP contribution < -0.4 is 5.32 Å². The number of aromatic amines is 1. The number of fused-ring (bicyclic) bond motifs is 1. The molecule has 0 aliphatic rings. The second-order valence-corrected chi connectivity index (χ2v) is 4.42. The number of nitrogens with zero attached hydrogens (tertiary/aromatic N) is 2. The van der Waals surface area contributed by atoms with E-state index in [0.29, 0.717) is 6.54 Å². The van der Waals surface area contributed by atoms with Crippen molar-refractivity contribution in [2.45, 2.75) is 13.5 Å². The summed E-state index contributed by atoms with van der Waals surface area (Å²) in [5.74, 6) is 0.549. The van der Waals surface area contributed by atoms with Crippen molar-refractivity contribution in [2.75, 3.05) is 5.32 Å². The zero-order valence-corrected chi connectivity index (χ0v) is 10.4.